The Balaban J connectivity index is 1.55. The molecule has 27 heavy (non-hydrogen) atoms. The van der Waals surface area contributed by atoms with Crippen LogP contribution in [0, 0.1) is 11.8 Å². The first-order chi connectivity index (χ1) is 13.0. The molecule has 1 aromatic rings. The van der Waals surface area contributed by atoms with Gasteiger partial charge in [-0.15, -0.1) is 0 Å². The molecule has 0 aliphatic carbocycles. The van der Waals surface area contributed by atoms with Gasteiger partial charge in [-0.3, -0.25) is 9.59 Å². The van der Waals surface area contributed by atoms with Gasteiger partial charge in [0.1, 0.15) is 6.04 Å². The van der Waals surface area contributed by atoms with E-state index in [1.807, 2.05) is 12.1 Å². The maximum Gasteiger partial charge on any atom is 0.255 e. The van der Waals surface area contributed by atoms with Crippen LogP contribution in [0.4, 0.5) is 5.69 Å². The van der Waals surface area contributed by atoms with Crippen LogP contribution in [0.25, 0.3) is 0 Å². The molecule has 0 bridgehead atoms. The minimum Gasteiger partial charge on any atom is -0.371 e. The zero-order chi connectivity index (χ0) is 19.1. The number of carbonyl (C=O) groups excluding carboxylic acids is 2. The summed E-state index contributed by atoms with van der Waals surface area (Å²) in [6.07, 6.45) is 3.78. The number of carbonyl (C=O) groups is 2. The van der Waals surface area contributed by atoms with Crippen molar-refractivity contribution in [2.24, 2.45) is 11.8 Å². The second kappa shape index (κ2) is 7.02. The molecule has 3 heterocycles. The number of fused-ring (bicyclic) bond motifs is 1. The third-order valence-corrected chi connectivity index (χ3v) is 6.49. The van der Waals surface area contributed by atoms with Crippen LogP contribution in [0.3, 0.4) is 0 Å². The zero-order valence-electron chi connectivity index (χ0n) is 16.3. The van der Waals surface area contributed by atoms with Crippen molar-refractivity contribution < 1.29 is 9.59 Å². The van der Waals surface area contributed by atoms with Crippen LogP contribution in [0.5, 0.6) is 0 Å². The van der Waals surface area contributed by atoms with Crippen molar-refractivity contribution in [1.29, 1.82) is 0 Å². The van der Waals surface area contributed by atoms with Crippen molar-refractivity contribution in [3.05, 3.63) is 41.6 Å². The van der Waals surface area contributed by atoms with E-state index < -0.39 is 6.04 Å². The van der Waals surface area contributed by atoms with Crippen LogP contribution in [0.15, 0.2) is 30.5 Å². The monoisotopic (exact) mass is 367 g/mol. The number of rotatable bonds is 3. The lowest BCUT2D eigenvalue weighted by molar-refractivity contribution is -0.126. The predicted molar refractivity (Wildman–Crippen MR) is 106 cm³/mol. The van der Waals surface area contributed by atoms with E-state index in [-0.39, 0.29) is 11.8 Å². The summed E-state index contributed by atoms with van der Waals surface area (Å²) in [5.74, 6) is 1.39. The SMILES string of the molecule is C=C1CCC(N2Cc3c(cccc3N3CCC(C(C)C)CC3)C2=O)C(=O)N1. The molecule has 2 amide bonds. The highest BCUT2D eigenvalue weighted by molar-refractivity contribution is 6.02. The van der Waals surface area contributed by atoms with Crippen molar-refractivity contribution in [1.82, 2.24) is 10.2 Å². The van der Waals surface area contributed by atoms with Gasteiger partial charge in [0.25, 0.3) is 5.91 Å². The van der Waals surface area contributed by atoms with Gasteiger partial charge in [0.05, 0.1) is 0 Å². The molecule has 2 fully saturated rings. The Morgan fingerprint density at radius 3 is 2.56 bits per heavy atom. The summed E-state index contributed by atoms with van der Waals surface area (Å²) in [4.78, 5) is 29.6. The number of anilines is 1. The van der Waals surface area contributed by atoms with E-state index in [1.165, 1.54) is 18.5 Å². The maximum atomic E-state index is 13.0. The molecule has 0 aromatic heterocycles. The molecule has 0 saturated carbocycles. The van der Waals surface area contributed by atoms with E-state index >= 15 is 0 Å². The molecule has 0 radical (unpaired) electrons. The largest absolute Gasteiger partial charge is 0.371 e. The first kappa shape index (κ1) is 18.1. The van der Waals surface area contributed by atoms with Crippen molar-refractivity contribution >= 4 is 17.5 Å². The topological polar surface area (TPSA) is 52.7 Å². The van der Waals surface area contributed by atoms with Gasteiger partial charge in [-0.05, 0) is 49.7 Å². The number of allylic oxidation sites excluding steroid dienone is 1. The third-order valence-electron chi connectivity index (χ3n) is 6.49. The second-order valence-corrected chi connectivity index (χ2v) is 8.45. The fourth-order valence-electron chi connectivity index (χ4n) is 4.75. The molecule has 5 heteroatoms. The number of amides is 2. The molecule has 1 aromatic carbocycles. The van der Waals surface area contributed by atoms with Crippen molar-refractivity contribution in [3.63, 3.8) is 0 Å². The smallest absolute Gasteiger partial charge is 0.255 e. The van der Waals surface area contributed by atoms with Gasteiger partial charge in [-0.1, -0.05) is 26.5 Å². The molecule has 3 aliphatic rings. The number of benzene rings is 1. The van der Waals surface area contributed by atoms with Crippen molar-refractivity contribution in [2.75, 3.05) is 18.0 Å². The average Bonchev–Trinajstić information content (AvgIpc) is 2.98. The molecule has 1 N–H and O–H groups in total. The van der Waals surface area contributed by atoms with Crippen molar-refractivity contribution in [2.45, 2.75) is 52.1 Å². The summed E-state index contributed by atoms with van der Waals surface area (Å²) >= 11 is 0. The minimum atomic E-state index is -0.394. The molecular weight excluding hydrogens is 338 g/mol. The van der Waals surface area contributed by atoms with Crippen LogP contribution in [-0.4, -0.2) is 35.8 Å². The lowest BCUT2D eigenvalue weighted by Gasteiger charge is -2.36. The highest BCUT2D eigenvalue weighted by Crippen LogP contribution is 2.36. The first-order valence-electron chi connectivity index (χ1n) is 10.1. The second-order valence-electron chi connectivity index (χ2n) is 8.45. The van der Waals surface area contributed by atoms with Crippen LogP contribution in [0.1, 0.15) is 55.5 Å². The van der Waals surface area contributed by atoms with Gasteiger partial charge in [-0.25, -0.2) is 0 Å². The standard InChI is InChI=1S/C22H29N3O2/c1-14(2)16-9-11-24(12-10-16)19-6-4-5-17-18(19)13-25(22(17)27)20-8-7-15(3)23-21(20)26/h4-6,14,16,20H,3,7-13H2,1-2H3,(H,23,26). The fraction of sp³-hybridized carbons (Fsp3) is 0.545. The molecule has 2 saturated heterocycles. The number of nitrogens with zero attached hydrogens (tertiary/aromatic N) is 2. The predicted octanol–water partition coefficient (Wildman–Crippen LogP) is 3.31. The molecule has 144 valence electrons. The van der Waals surface area contributed by atoms with E-state index in [2.05, 4.69) is 36.7 Å². The van der Waals surface area contributed by atoms with Crippen LogP contribution >= 0.6 is 0 Å². The number of nitrogens with one attached hydrogen (secondary N) is 1. The molecule has 1 unspecified atom stereocenters. The Kier molecular flexibility index (Phi) is 4.70. The van der Waals surface area contributed by atoms with Crippen LogP contribution < -0.4 is 10.2 Å². The summed E-state index contributed by atoms with van der Waals surface area (Å²) in [6.45, 7) is 11.1. The Morgan fingerprint density at radius 1 is 1.15 bits per heavy atom. The molecule has 5 nitrogen and oxygen atoms in total. The highest BCUT2D eigenvalue weighted by atomic mass is 16.2. The normalized spacial score (nSPS) is 23.8. The number of hydrogen-bond acceptors (Lipinski definition) is 3. The van der Waals surface area contributed by atoms with Gasteiger partial charge < -0.3 is 15.1 Å². The third kappa shape index (κ3) is 3.24. The summed E-state index contributed by atoms with van der Waals surface area (Å²) < 4.78 is 0. The molecule has 4 rings (SSSR count). The van der Waals surface area contributed by atoms with E-state index in [0.29, 0.717) is 13.0 Å². The summed E-state index contributed by atoms with van der Waals surface area (Å²) in [6, 6.07) is 5.62. The van der Waals surface area contributed by atoms with Gasteiger partial charge >= 0.3 is 0 Å². The Hall–Kier alpha value is -2.30. The quantitative estimate of drug-likeness (QED) is 0.892. The minimum absolute atomic E-state index is 0.0171. The Labute approximate surface area is 161 Å². The summed E-state index contributed by atoms with van der Waals surface area (Å²) in [7, 11) is 0. The average molecular weight is 367 g/mol. The molecule has 0 spiro atoms. The van der Waals surface area contributed by atoms with Crippen LogP contribution in [-0.2, 0) is 11.3 Å². The van der Waals surface area contributed by atoms with Crippen molar-refractivity contribution in [3.8, 4) is 0 Å². The van der Waals surface area contributed by atoms with Gasteiger partial charge in [0.15, 0.2) is 0 Å². The van der Waals surface area contributed by atoms with Gasteiger partial charge in [0, 0.05) is 42.1 Å². The molecular formula is C22H29N3O2. The summed E-state index contributed by atoms with van der Waals surface area (Å²) in [5.41, 5.74) is 3.76. The fourth-order valence-corrected chi connectivity index (χ4v) is 4.75. The Bertz CT molecular complexity index is 778. The lowest BCUT2D eigenvalue weighted by Crippen LogP contribution is -2.49. The zero-order valence-corrected chi connectivity index (χ0v) is 16.3. The van der Waals surface area contributed by atoms with Crippen LogP contribution in [0.2, 0.25) is 0 Å². The van der Waals surface area contributed by atoms with E-state index in [4.69, 9.17) is 0 Å². The maximum absolute atomic E-state index is 13.0. The first-order valence-corrected chi connectivity index (χ1v) is 10.1. The highest BCUT2D eigenvalue weighted by Gasteiger charge is 2.39. The molecule has 3 aliphatic heterocycles. The van der Waals surface area contributed by atoms with Gasteiger partial charge in [-0.2, -0.15) is 0 Å². The van der Waals surface area contributed by atoms with E-state index in [0.717, 1.165) is 48.2 Å². The summed E-state index contributed by atoms with van der Waals surface area (Å²) in [5, 5.41) is 2.81. The molecule has 1 atom stereocenters. The van der Waals surface area contributed by atoms with Gasteiger partial charge in [0.2, 0.25) is 5.91 Å². The Morgan fingerprint density at radius 2 is 1.89 bits per heavy atom. The van der Waals surface area contributed by atoms with E-state index in [1.54, 1.807) is 4.90 Å². The number of piperidine rings is 2. The lowest BCUT2D eigenvalue weighted by atomic mass is 9.86. The number of hydrogen-bond donors (Lipinski definition) is 1. The van der Waals surface area contributed by atoms with E-state index in [9.17, 15) is 9.59 Å².